The quantitative estimate of drug-likeness (QED) is 0.777. The molecule has 1 aliphatic rings. The normalized spacial score (nSPS) is 16.7. The number of nitrogens with zero attached hydrogens (tertiary/aromatic N) is 2. The summed E-state index contributed by atoms with van der Waals surface area (Å²) in [5, 5.41) is 0. The molecule has 2 heterocycles. The van der Waals surface area contributed by atoms with E-state index in [0.29, 0.717) is 11.5 Å². The average Bonchev–Trinajstić information content (AvgIpc) is 2.90. The molecule has 0 unspecified atom stereocenters. The molecular weight excluding hydrogens is 240 g/mol. The van der Waals surface area contributed by atoms with E-state index in [-0.39, 0.29) is 5.97 Å². The van der Waals surface area contributed by atoms with Gasteiger partial charge in [-0.3, -0.25) is 0 Å². The van der Waals surface area contributed by atoms with Gasteiger partial charge in [0.1, 0.15) is 5.65 Å². The Morgan fingerprint density at radius 2 is 2.16 bits per heavy atom. The number of methoxy groups -OCH3 is 1. The Hall–Kier alpha value is -1.84. The number of carbonyl (C=O) groups excluding carboxylic acids is 1. The number of aromatic nitrogens is 2. The summed E-state index contributed by atoms with van der Waals surface area (Å²) in [6.07, 6.45) is 10.4. The number of ether oxygens (including phenoxy) is 1. The second-order valence-corrected chi connectivity index (χ2v) is 5.17. The number of imidazole rings is 1. The molecule has 4 nitrogen and oxygen atoms in total. The molecule has 0 amide bonds. The Balaban J connectivity index is 1.93. The predicted octanol–water partition coefficient (Wildman–Crippen LogP) is 3.17. The number of pyridine rings is 1. The number of hydrogen-bond acceptors (Lipinski definition) is 3. The van der Waals surface area contributed by atoms with Gasteiger partial charge in [0.05, 0.1) is 18.4 Å². The van der Waals surface area contributed by atoms with Gasteiger partial charge >= 0.3 is 5.97 Å². The summed E-state index contributed by atoms with van der Waals surface area (Å²) >= 11 is 0. The van der Waals surface area contributed by atoms with Gasteiger partial charge in [-0.25, -0.2) is 9.78 Å². The van der Waals surface area contributed by atoms with Crippen LogP contribution in [-0.2, 0) is 4.74 Å². The third kappa shape index (κ3) is 2.35. The van der Waals surface area contributed by atoms with Gasteiger partial charge in [0.15, 0.2) is 0 Å². The second kappa shape index (κ2) is 5.03. The van der Waals surface area contributed by atoms with Crippen LogP contribution < -0.4 is 0 Å². The van der Waals surface area contributed by atoms with Crippen LogP contribution in [0.2, 0.25) is 0 Å². The third-order valence-corrected chi connectivity index (χ3v) is 3.92. The maximum atomic E-state index is 11.5. The number of carbonyl (C=O) groups is 1. The highest BCUT2D eigenvalue weighted by Crippen LogP contribution is 2.32. The molecule has 19 heavy (non-hydrogen) atoms. The lowest BCUT2D eigenvalue weighted by atomic mass is 9.87. The van der Waals surface area contributed by atoms with Gasteiger partial charge in [0.2, 0.25) is 0 Å². The average molecular weight is 258 g/mol. The number of rotatable bonds is 2. The first-order valence-electron chi connectivity index (χ1n) is 6.85. The smallest absolute Gasteiger partial charge is 0.338 e. The highest BCUT2D eigenvalue weighted by atomic mass is 16.5. The van der Waals surface area contributed by atoms with Crippen molar-refractivity contribution in [2.75, 3.05) is 7.11 Å². The zero-order chi connectivity index (χ0) is 13.2. The zero-order valence-corrected chi connectivity index (χ0v) is 11.1. The van der Waals surface area contributed by atoms with E-state index >= 15 is 0 Å². The summed E-state index contributed by atoms with van der Waals surface area (Å²) in [5.41, 5.74) is 2.53. The summed E-state index contributed by atoms with van der Waals surface area (Å²) in [6, 6.07) is 3.56. The molecule has 0 saturated heterocycles. The molecule has 2 aromatic heterocycles. The van der Waals surface area contributed by atoms with E-state index in [1.807, 2.05) is 10.6 Å². The van der Waals surface area contributed by atoms with Crippen LogP contribution in [0.3, 0.4) is 0 Å². The summed E-state index contributed by atoms with van der Waals surface area (Å²) in [4.78, 5) is 16.2. The minimum Gasteiger partial charge on any atom is -0.465 e. The van der Waals surface area contributed by atoms with Crippen LogP contribution in [0.25, 0.3) is 5.65 Å². The fourth-order valence-corrected chi connectivity index (χ4v) is 2.84. The van der Waals surface area contributed by atoms with Crippen molar-refractivity contribution in [3.8, 4) is 0 Å². The topological polar surface area (TPSA) is 43.6 Å². The third-order valence-electron chi connectivity index (χ3n) is 3.92. The molecule has 1 saturated carbocycles. The van der Waals surface area contributed by atoms with E-state index in [1.54, 1.807) is 12.1 Å². The molecule has 4 heteroatoms. The van der Waals surface area contributed by atoms with E-state index in [0.717, 1.165) is 11.3 Å². The van der Waals surface area contributed by atoms with Crippen molar-refractivity contribution in [1.29, 1.82) is 0 Å². The van der Waals surface area contributed by atoms with Gasteiger partial charge < -0.3 is 9.14 Å². The van der Waals surface area contributed by atoms with Gasteiger partial charge in [0, 0.05) is 18.3 Å². The van der Waals surface area contributed by atoms with Crippen molar-refractivity contribution in [2.45, 2.75) is 38.0 Å². The summed E-state index contributed by atoms with van der Waals surface area (Å²) in [6.45, 7) is 0. The molecule has 0 atom stereocenters. The first-order chi connectivity index (χ1) is 9.28. The van der Waals surface area contributed by atoms with Crippen LogP contribution in [-0.4, -0.2) is 22.5 Å². The molecule has 0 aliphatic heterocycles. The molecular formula is C15H18N2O2. The molecule has 1 aliphatic carbocycles. The maximum absolute atomic E-state index is 11.5. The van der Waals surface area contributed by atoms with E-state index in [1.165, 1.54) is 39.2 Å². The van der Waals surface area contributed by atoms with Gasteiger partial charge in [-0.05, 0) is 25.0 Å². The van der Waals surface area contributed by atoms with Crippen LogP contribution in [0, 0.1) is 0 Å². The first kappa shape index (κ1) is 12.2. The van der Waals surface area contributed by atoms with Gasteiger partial charge in [-0.15, -0.1) is 0 Å². The van der Waals surface area contributed by atoms with Crippen molar-refractivity contribution in [1.82, 2.24) is 9.38 Å². The summed E-state index contributed by atoms with van der Waals surface area (Å²) < 4.78 is 6.71. The van der Waals surface area contributed by atoms with Gasteiger partial charge in [0.25, 0.3) is 0 Å². The lowest BCUT2D eigenvalue weighted by Gasteiger charge is -2.19. The van der Waals surface area contributed by atoms with Crippen molar-refractivity contribution >= 4 is 11.6 Å². The van der Waals surface area contributed by atoms with E-state index < -0.39 is 0 Å². The fourth-order valence-electron chi connectivity index (χ4n) is 2.84. The van der Waals surface area contributed by atoms with Crippen molar-refractivity contribution in [3.05, 3.63) is 35.8 Å². The van der Waals surface area contributed by atoms with Crippen LogP contribution in [0.1, 0.15) is 54.1 Å². The lowest BCUT2D eigenvalue weighted by Crippen LogP contribution is -2.04. The number of hydrogen-bond donors (Lipinski definition) is 0. The molecule has 0 aromatic carbocycles. The maximum Gasteiger partial charge on any atom is 0.338 e. The van der Waals surface area contributed by atoms with Crippen LogP contribution in [0.5, 0.6) is 0 Å². The Kier molecular flexibility index (Phi) is 3.23. The predicted molar refractivity (Wildman–Crippen MR) is 72.4 cm³/mol. The van der Waals surface area contributed by atoms with Crippen LogP contribution >= 0.6 is 0 Å². The van der Waals surface area contributed by atoms with Crippen LogP contribution in [0.4, 0.5) is 0 Å². The van der Waals surface area contributed by atoms with E-state index in [4.69, 9.17) is 4.74 Å². The van der Waals surface area contributed by atoms with Gasteiger partial charge in [-0.1, -0.05) is 19.3 Å². The van der Waals surface area contributed by atoms with Crippen molar-refractivity contribution in [3.63, 3.8) is 0 Å². The van der Waals surface area contributed by atoms with E-state index in [2.05, 4.69) is 11.2 Å². The Bertz CT molecular complexity index is 597. The highest BCUT2D eigenvalue weighted by molar-refractivity contribution is 5.90. The van der Waals surface area contributed by atoms with Crippen molar-refractivity contribution < 1.29 is 9.53 Å². The molecule has 100 valence electrons. The minimum atomic E-state index is -0.315. The largest absolute Gasteiger partial charge is 0.465 e. The minimum absolute atomic E-state index is 0.315. The Labute approximate surface area is 112 Å². The first-order valence-corrected chi connectivity index (χ1v) is 6.85. The number of fused-ring (bicyclic) bond motifs is 1. The zero-order valence-electron chi connectivity index (χ0n) is 11.1. The SMILES string of the molecule is COC(=O)c1ccn2cc(C3CCCCC3)nc2c1. The van der Waals surface area contributed by atoms with Gasteiger partial charge in [-0.2, -0.15) is 0 Å². The van der Waals surface area contributed by atoms with Crippen LogP contribution in [0.15, 0.2) is 24.5 Å². The number of esters is 1. The van der Waals surface area contributed by atoms with E-state index in [9.17, 15) is 4.79 Å². The Morgan fingerprint density at radius 3 is 2.89 bits per heavy atom. The Morgan fingerprint density at radius 1 is 1.37 bits per heavy atom. The standard InChI is InChI=1S/C15H18N2O2/c1-19-15(18)12-7-8-17-10-13(16-14(17)9-12)11-5-3-2-4-6-11/h7-11H,2-6H2,1H3. The monoisotopic (exact) mass is 258 g/mol. The summed E-state index contributed by atoms with van der Waals surface area (Å²) in [7, 11) is 1.39. The highest BCUT2D eigenvalue weighted by Gasteiger charge is 2.18. The molecule has 2 aromatic rings. The molecule has 1 fully saturated rings. The second-order valence-electron chi connectivity index (χ2n) is 5.17. The molecule has 0 N–H and O–H groups in total. The summed E-state index contributed by atoms with van der Waals surface area (Å²) in [5.74, 6) is 0.264. The fraction of sp³-hybridized carbons (Fsp3) is 0.467. The molecule has 0 radical (unpaired) electrons. The molecule has 0 spiro atoms. The molecule has 3 rings (SSSR count). The van der Waals surface area contributed by atoms with Crippen molar-refractivity contribution in [2.24, 2.45) is 0 Å². The molecule has 0 bridgehead atoms. The lowest BCUT2D eigenvalue weighted by molar-refractivity contribution is 0.0600.